The van der Waals surface area contributed by atoms with Gasteiger partial charge in [0.1, 0.15) is 0 Å². The third kappa shape index (κ3) is 6.88. The third-order valence-corrected chi connectivity index (χ3v) is 0.668. The van der Waals surface area contributed by atoms with Crippen LogP contribution in [0.25, 0.3) is 0 Å². The molecule has 0 aliphatic rings. The highest BCUT2D eigenvalue weighted by Crippen LogP contribution is 1.82. The van der Waals surface area contributed by atoms with Gasteiger partial charge in [-0.25, -0.2) is 0 Å². The van der Waals surface area contributed by atoms with Crippen LogP contribution in [0.4, 0.5) is 0 Å². The fourth-order valence-corrected chi connectivity index (χ4v) is 0.302. The van der Waals surface area contributed by atoms with Gasteiger partial charge in [0.15, 0.2) is 0 Å². The van der Waals surface area contributed by atoms with E-state index in [9.17, 15) is 0 Å². The molecule has 0 unspecified atom stereocenters. The van der Waals surface area contributed by atoms with Crippen LogP contribution >= 0.6 is 0 Å². The van der Waals surface area contributed by atoms with Crippen LogP contribution in [0.5, 0.6) is 0 Å². The van der Waals surface area contributed by atoms with Gasteiger partial charge >= 0.3 is 0 Å². The second kappa shape index (κ2) is 6.01. The van der Waals surface area contributed by atoms with Crippen molar-refractivity contribution in [1.29, 1.82) is 0 Å². The Morgan fingerprint density at radius 1 is 1.40 bits per heavy atom. The third-order valence-electron chi connectivity index (χ3n) is 0.668. The molecule has 1 N–H and O–H groups in total. The fourth-order valence-electron chi connectivity index (χ4n) is 0.302. The SMILES string of the molecule is C=C/C=N\N/N=C/C(C)C. The lowest BCUT2D eigenvalue weighted by molar-refractivity contribution is 0.793. The molecular weight excluding hydrogens is 126 g/mol. The van der Waals surface area contributed by atoms with Crippen molar-refractivity contribution in [3.63, 3.8) is 0 Å². The smallest absolute Gasteiger partial charge is 0.0483 e. The summed E-state index contributed by atoms with van der Waals surface area (Å²) in [5, 5.41) is 7.46. The molecular formula is C7H13N3. The van der Waals surface area contributed by atoms with Crippen molar-refractivity contribution >= 4 is 12.4 Å². The fraction of sp³-hybridized carbons (Fsp3) is 0.429. The van der Waals surface area contributed by atoms with Gasteiger partial charge < -0.3 is 0 Å². The van der Waals surface area contributed by atoms with Crippen LogP contribution in [0.1, 0.15) is 13.8 Å². The molecule has 0 rings (SSSR count). The quantitative estimate of drug-likeness (QED) is 0.463. The molecule has 0 saturated heterocycles. The maximum absolute atomic E-state index is 3.79. The maximum Gasteiger partial charge on any atom is 0.0483 e. The topological polar surface area (TPSA) is 36.8 Å². The monoisotopic (exact) mass is 139 g/mol. The number of hydrogen-bond donors (Lipinski definition) is 1. The zero-order valence-corrected chi connectivity index (χ0v) is 6.41. The summed E-state index contributed by atoms with van der Waals surface area (Å²) in [4.78, 5) is 0. The predicted octanol–water partition coefficient (Wildman–Crippen LogP) is 1.39. The van der Waals surface area contributed by atoms with Gasteiger partial charge in [-0.15, -0.1) is 0 Å². The van der Waals surface area contributed by atoms with Crippen molar-refractivity contribution < 1.29 is 0 Å². The van der Waals surface area contributed by atoms with Gasteiger partial charge in [-0.3, -0.25) is 0 Å². The van der Waals surface area contributed by atoms with Gasteiger partial charge in [0, 0.05) is 12.4 Å². The average Bonchev–Trinajstić information content (AvgIpc) is 1.87. The van der Waals surface area contributed by atoms with E-state index in [-0.39, 0.29) is 0 Å². The maximum atomic E-state index is 3.79. The standard InChI is InChI=1S/C7H13N3/c1-4-5-8-10-9-6-7(2)3/h4-7,10H,1H2,2-3H3/b8-5-,9-6+. The van der Waals surface area contributed by atoms with Gasteiger partial charge in [-0.1, -0.05) is 20.4 Å². The minimum Gasteiger partial charge on any atom is -0.198 e. The van der Waals surface area contributed by atoms with Crippen molar-refractivity contribution in [2.45, 2.75) is 13.8 Å². The van der Waals surface area contributed by atoms with Gasteiger partial charge in [0.25, 0.3) is 0 Å². The summed E-state index contributed by atoms with van der Waals surface area (Å²) in [6.45, 7) is 7.54. The largest absolute Gasteiger partial charge is 0.198 e. The Balaban J connectivity index is 3.35. The van der Waals surface area contributed by atoms with Crippen LogP contribution in [-0.2, 0) is 0 Å². The lowest BCUT2D eigenvalue weighted by atomic mass is 10.3. The molecule has 0 fully saturated rings. The molecule has 0 aliphatic carbocycles. The lowest BCUT2D eigenvalue weighted by Gasteiger charge is -1.90. The number of allylic oxidation sites excluding steroid dienone is 1. The van der Waals surface area contributed by atoms with E-state index in [1.54, 1.807) is 12.3 Å². The van der Waals surface area contributed by atoms with Crippen LogP contribution < -0.4 is 5.53 Å². The van der Waals surface area contributed by atoms with E-state index in [4.69, 9.17) is 0 Å². The van der Waals surface area contributed by atoms with E-state index in [1.807, 2.05) is 13.8 Å². The zero-order valence-electron chi connectivity index (χ0n) is 6.41. The molecule has 0 bridgehead atoms. The molecule has 0 atom stereocenters. The Morgan fingerprint density at radius 2 is 2.10 bits per heavy atom. The lowest BCUT2D eigenvalue weighted by Crippen LogP contribution is -1.97. The molecule has 3 heteroatoms. The highest BCUT2D eigenvalue weighted by molar-refractivity contribution is 5.69. The van der Waals surface area contributed by atoms with E-state index in [2.05, 4.69) is 22.3 Å². The van der Waals surface area contributed by atoms with Crippen LogP contribution in [-0.4, -0.2) is 12.4 Å². The Kier molecular flexibility index (Phi) is 5.33. The number of hydrogen-bond acceptors (Lipinski definition) is 3. The van der Waals surface area contributed by atoms with Crippen LogP contribution in [0.15, 0.2) is 22.9 Å². The first-order chi connectivity index (χ1) is 4.77. The molecule has 3 nitrogen and oxygen atoms in total. The molecule has 0 heterocycles. The number of rotatable bonds is 4. The van der Waals surface area contributed by atoms with Gasteiger partial charge in [0.05, 0.1) is 0 Å². The second-order valence-corrected chi connectivity index (χ2v) is 2.14. The summed E-state index contributed by atoms with van der Waals surface area (Å²) in [6, 6.07) is 0. The van der Waals surface area contributed by atoms with Crippen molar-refractivity contribution in [1.82, 2.24) is 5.53 Å². The van der Waals surface area contributed by atoms with Gasteiger partial charge in [-0.2, -0.15) is 15.7 Å². The minimum absolute atomic E-state index is 0.450. The Morgan fingerprint density at radius 3 is 2.60 bits per heavy atom. The average molecular weight is 139 g/mol. The van der Waals surface area contributed by atoms with E-state index in [0.29, 0.717) is 5.92 Å². The van der Waals surface area contributed by atoms with Crippen molar-refractivity contribution in [3.05, 3.63) is 12.7 Å². The number of nitrogens with zero attached hydrogens (tertiary/aromatic N) is 2. The Hall–Kier alpha value is -1.12. The first kappa shape index (κ1) is 8.88. The van der Waals surface area contributed by atoms with Crippen LogP contribution in [0.2, 0.25) is 0 Å². The zero-order chi connectivity index (χ0) is 7.82. The number of nitrogens with one attached hydrogen (secondary N) is 1. The summed E-state index contributed by atoms with van der Waals surface area (Å²) < 4.78 is 0. The molecule has 0 amide bonds. The first-order valence-electron chi connectivity index (χ1n) is 3.19. The molecule has 0 saturated carbocycles. The van der Waals surface area contributed by atoms with Crippen molar-refractivity contribution in [2.24, 2.45) is 16.1 Å². The van der Waals surface area contributed by atoms with Crippen molar-refractivity contribution in [3.8, 4) is 0 Å². The number of hydrazone groups is 2. The normalized spacial score (nSPS) is 11.5. The summed E-state index contributed by atoms with van der Waals surface area (Å²) in [5.41, 5.74) is 2.49. The minimum atomic E-state index is 0.450. The Labute approximate surface area is 61.5 Å². The van der Waals surface area contributed by atoms with Crippen LogP contribution in [0.3, 0.4) is 0 Å². The summed E-state index contributed by atoms with van der Waals surface area (Å²) in [6.07, 6.45) is 4.90. The molecule has 0 aromatic heterocycles. The molecule has 0 spiro atoms. The van der Waals surface area contributed by atoms with E-state index >= 15 is 0 Å². The molecule has 10 heavy (non-hydrogen) atoms. The summed E-state index contributed by atoms with van der Waals surface area (Å²) >= 11 is 0. The van der Waals surface area contributed by atoms with E-state index in [0.717, 1.165) is 0 Å². The molecule has 0 aromatic rings. The first-order valence-corrected chi connectivity index (χ1v) is 3.19. The predicted molar refractivity (Wildman–Crippen MR) is 45.2 cm³/mol. The van der Waals surface area contributed by atoms with Crippen molar-refractivity contribution in [2.75, 3.05) is 0 Å². The summed E-state index contributed by atoms with van der Waals surface area (Å²) in [7, 11) is 0. The molecule has 56 valence electrons. The highest BCUT2D eigenvalue weighted by Gasteiger charge is 1.80. The van der Waals surface area contributed by atoms with E-state index < -0.39 is 0 Å². The molecule has 0 radical (unpaired) electrons. The van der Waals surface area contributed by atoms with E-state index in [1.165, 1.54) is 6.21 Å². The molecule has 0 aliphatic heterocycles. The highest BCUT2D eigenvalue weighted by atomic mass is 15.5. The molecule has 0 aromatic carbocycles. The summed E-state index contributed by atoms with van der Waals surface area (Å²) in [5.74, 6) is 0.450. The van der Waals surface area contributed by atoms with Gasteiger partial charge in [-0.05, 0) is 12.0 Å². The Bertz CT molecular complexity index is 136. The van der Waals surface area contributed by atoms with Crippen LogP contribution in [0, 0.1) is 5.92 Å². The van der Waals surface area contributed by atoms with Gasteiger partial charge in [0.2, 0.25) is 0 Å². The second-order valence-electron chi connectivity index (χ2n) is 2.14.